The second-order valence-corrected chi connectivity index (χ2v) is 4.83. The molecule has 2 aromatic rings. The molecule has 0 fully saturated rings. The summed E-state index contributed by atoms with van der Waals surface area (Å²) in [7, 11) is 1.57. The summed E-state index contributed by atoms with van der Waals surface area (Å²) in [5, 5.41) is 2.84. The molecule has 1 heterocycles. The molecular formula is C16H20N4O3. The van der Waals surface area contributed by atoms with Crippen molar-refractivity contribution in [1.29, 1.82) is 0 Å². The van der Waals surface area contributed by atoms with Gasteiger partial charge in [0.1, 0.15) is 0 Å². The molecule has 0 aliphatic rings. The van der Waals surface area contributed by atoms with E-state index in [4.69, 9.17) is 15.2 Å². The Bertz CT molecular complexity index is 691. The Morgan fingerprint density at radius 1 is 1.30 bits per heavy atom. The van der Waals surface area contributed by atoms with E-state index in [9.17, 15) is 4.79 Å². The first-order chi connectivity index (χ1) is 11.1. The third kappa shape index (κ3) is 3.88. The molecule has 3 N–H and O–H groups in total. The quantitative estimate of drug-likeness (QED) is 0.845. The van der Waals surface area contributed by atoms with Gasteiger partial charge in [0.25, 0.3) is 5.91 Å². The Morgan fingerprint density at radius 3 is 2.70 bits per heavy atom. The van der Waals surface area contributed by atoms with Crippen LogP contribution in [-0.2, 0) is 0 Å². The Kier molecular flexibility index (Phi) is 5.35. The van der Waals surface area contributed by atoms with E-state index < -0.39 is 0 Å². The predicted molar refractivity (Wildman–Crippen MR) is 86.5 cm³/mol. The lowest BCUT2D eigenvalue weighted by molar-refractivity contribution is 0.0935. The Hall–Kier alpha value is -2.83. The molecule has 0 unspecified atom stereocenters. The topological polar surface area (TPSA) is 99.4 Å². The van der Waals surface area contributed by atoms with E-state index in [2.05, 4.69) is 15.3 Å². The normalized spacial score (nSPS) is 11.6. The molecule has 0 spiro atoms. The molecule has 0 aliphatic carbocycles. The summed E-state index contributed by atoms with van der Waals surface area (Å²) in [5.74, 6) is 0.998. The molecule has 122 valence electrons. The lowest BCUT2D eigenvalue weighted by Crippen LogP contribution is -2.28. The minimum absolute atomic E-state index is 0.0986. The van der Waals surface area contributed by atoms with Crippen molar-refractivity contribution < 1.29 is 14.3 Å². The van der Waals surface area contributed by atoms with Crippen LogP contribution in [0.4, 0.5) is 5.82 Å². The van der Waals surface area contributed by atoms with Crippen molar-refractivity contribution in [3.8, 4) is 11.5 Å². The first-order valence-electron chi connectivity index (χ1n) is 7.24. The van der Waals surface area contributed by atoms with Crippen LogP contribution >= 0.6 is 0 Å². The molecule has 0 saturated carbocycles. The molecule has 0 radical (unpaired) electrons. The number of benzene rings is 1. The SMILES string of the molecule is CCOc1ccc([C@H](C)NC(=O)c2nccnc2N)cc1OC. The highest BCUT2D eigenvalue weighted by atomic mass is 16.5. The molecule has 1 amide bonds. The van der Waals surface area contributed by atoms with Crippen LogP contribution in [0.15, 0.2) is 30.6 Å². The standard InChI is InChI=1S/C16H20N4O3/c1-4-23-12-6-5-11(9-13(12)22-3)10(2)20-16(21)14-15(17)19-8-7-18-14/h5-10H,4H2,1-3H3,(H2,17,19)(H,20,21)/t10-/m0/s1. The van der Waals surface area contributed by atoms with E-state index in [-0.39, 0.29) is 23.5 Å². The Morgan fingerprint density at radius 2 is 2.04 bits per heavy atom. The van der Waals surface area contributed by atoms with Crippen LogP contribution in [0.5, 0.6) is 11.5 Å². The maximum atomic E-state index is 12.2. The molecule has 2 rings (SSSR count). The molecule has 0 bridgehead atoms. The van der Waals surface area contributed by atoms with Gasteiger partial charge in [0.05, 0.1) is 19.8 Å². The molecule has 1 atom stereocenters. The summed E-state index contributed by atoms with van der Waals surface area (Å²) in [6.07, 6.45) is 2.86. The average Bonchev–Trinajstić information content (AvgIpc) is 2.55. The maximum absolute atomic E-state index is 12.2. The van der Waals surface area contributed by atoms with Gasteiger partial charge in [0.2, 0.25) is 0 Å². The van der Waals surface area contributed by atoms with E-state index in [1.807, 2.05) is 32.0 Å². The van der Waals surface area contributed by atoms with E-state index in [0.717, 1.165) is 5.56 Å². The number of nitrogens with one attached hydrogen (secondary N) is 1. The Balaban J connectivity index is 2.16. The van der Waals surface area contributed by atoms with E-state index in [1.54, 1.807) is 7.11 Å². The molecule has 1 aromatic heterocycles. The third-order valence-electron chi connectivity index (χ3n) is 3.28. The zero-order valence-electron chi connectivity index (χ0n) is 13.4. The van der Waals surface area contributed by atoms with Gasteiger partial charge in [-0.25, -0.2) is 9.97 Å². The van der Waals surface area contributed by atoms with Gasteiger partial charge in [-0.2, -0.15) is 0 Å². The summed E-state index contributed by atoms with van der Waals surface area (Å²) in [5.41, 5.74) is 6.65. The highest BCUT2D eigenvalue weighted by Gasteiger charge is 2.17. The number of hydrogen-bond donors (Lipinski definition) is 2. The molecular weight excluding hydrogens is 296 g/mol. The van der Waals surface area contributed by atoms with Gasteiger partial charge in [-0.15, -0.1) is 0 Å². The number of carbonyl (C=O) groups is 1. The first-order valence-corrected chi connectivity index (χ1v) is 7.24. The fourth-order valence-electron chi connectivity index (χ4n) is 2.10. The van der Waals surface area contributed by atoms with Crippen molar-refractivity contribution in [1.82, 2.24) is 15.3 Å². The molecule has 23 heavy (non-hydrogen) atoms. The van der Waals surface area contributed by atoms with E-state index in [1.165, 1.54) is 12.4 Å². The number of aromatic nitrogens is 2. The van der Waals surface area contributed by atoms with Gasteiger partial charge in [-0.05, 0) is 31.5 Å². The average molecular weight is 316 g/mol. The zero-order valence-corrected chi connectivity index (χ0v) is 13.4. The van der Waals surface area contributed by atoms with Gasteiger partial charge >= 0.3 is 0 Å². The third-order valence-corrected chi connectivity index (χ3v) is 3.28. The van der Waals surface area contributed by atoms with Crippen LogP contribution in [0.3, 0.4) is 0 Å². The number of hydrogen-bond acceptors (Lipinski definition) is 6. The van der Waals surface area contributed by atoms with Crippen LogP contribution in [0.2, 0.25) is 0 Å². The summed E-state index contributed by atoms with van der Waals surface area (Å²) < 4.78 is 10.8. The van der Waals surface area contributed by atoms with Crippen molar-refractivity contribution >= 4 is 11.7 Å². The molecule has 0 aliphatic heterocycles. The van der Waals surface area contributed by atoms with Gasteiger partial charge in [0, 0.05) is 12.4 Å². The minimum Gasteiger partial charge on any atom is -0.493 e. The number of nitrogen functional groups attached to an aromatic ring is 1. The summed E-state index contributed by atoms with van der Waals surface area (Å²) >= 11 is 0. The zero-order chi connectivity index (χ0) is 16.8. The number of anilines is 1. The van der Waals surface area contributed by atoms with Crippen LogP contribution in [0, 0.1) is 0 Å². The van der Waals surface area contributed by atoms with E-state index >= 15 is 0 Å². The van der Waals surface area contributed by atoms with Crippen LogP contribution in [0.1, 0.15) is 35.9 Å². The fourth-order valence-corrected chi connectivity index (χ4v) is 2.10. The van der Waals surface area contributed by atoms with Crippen molar-refractivity contribution in [2.45, 2.75) is 19.9 Å². The molecule has 0 saturated heterocycles. The van der Waals surface area contributed by atoms with Crippen molar-refractivity contribution in [2.75, 3.05) is 19.5 Å². The number of nitrogens with zero attached hydrogens (tertiary/aromatic N) is 2. The monoisotopic (exact) mass is 316 g/mol. The number of amides is 1. The molecule has 1 aromatic carbocycles. The van der Waals surface area contributed by atoms with Gasteiger partial charge in [-0.3, -0.25) is 4.79 Å². The maximum Gasteiger partial charge on any atom is 0.274 e. The number of rotatable bonds is 6. The fraction of sp³-hybridized carbons (Fsp3) is 0.312. The molecule has 7 nitrogen and oxygen atoms in total. The molecule has 7 heteroatoms. The van der Waals surface area contributed by atoms with Crippen molar-refractivity contribution in [3.05, 3.63) is 41.9 Å². The number of methoxy groups -OCH3 is 1. The Labute approximate surface area is 134 Å². The van der Waals surface area contributed by atoms with Gasteiger partial charge < -0.3 is 20.5 Å². The van der Waals surface area contributed by atoms with Crippen LogP contribution < -0.4 is 20.5 Å². The van der Waals surface area contributed by atoms with Gasteiger partial charge in [-0.1, -0.05) is 6.07 Å². The smallest absolute Gasteiger partial charge is 0.274 e. The predicted octanol–water partition coefficient (Wildman–Crippen LogP) is 1.96. The largest absolute Gasteiger partial charge is 0.493 e. The second-order valence-electron chi connectivity index (χ2n) is 4.83. The van der Waals surface area contributed by atoms with Gasteiger partial charge in [0.15, 0.2) is 23.0 Å². The second kappa shape index (κ2) is 7.44. The van der Waals surface area contributed by atoms with Crippen LogP contribution in [-0.4, -0.2) is 29.6 Å². The van der Waals surface area contributed by atoms with Crippen molar-refractivity contribution in [2.24, 2.45) is 0 Å². The van der Waals surface area contributed by atoms with Crippen molar-refractivity contribution in [3.63, 3.8) is 0 Å². The lowest BCUT2D eigenvalue weighted by atomic mass is 10.1. The first kappa shape index (κ1) is 16.5. The highest BCUT2D eigenvalue weighted by molar-refractivity contribution is 5.96. The summed E-state index contributed by atoms with van der Waals surface area (Å²) in [6.45, 7) is 4.31. The number of ether oxygens (including phenoxy) is 2. The number of carbonyl (C=O) groups excluding carboxylic acids is 1. The summed E-state index contributed by atoms with van der Waals surface area (Å²) in [4.78, 5) is 20.0. The number of nitrogens with two attached hydrogens (primary N) is 1. The van der Waals surface area contributed by atoms with E-state index in [0.29, 0.717) is 18.1 Å². The highest BCUT2D eigenvalue weighted by Crippen LogP contribution is 2.30. The lowest BCUT2D eigenvalue weighted by Gasteiger charge is -2.17. The minimum atomic E-state index is -0.379. The van der Waals surface area contributed by atoms with Crippen LogP contribution in [0.25, 0.3) is 0 Å². The summed E-state index contributed by atoms with van der Waals surface area (Å²) in [6, 6.07) is 5.26.